The van der Waals surface area contributed by atoms with Gasteiger partial charge >= 0.3 is 0 Å². The summed E-state index contributed by atoms with van der Waals surface area (Å²) in [5, 5.41) is 15.2. The van der Waals surface area contributed by atoms with E-state index in [1.54, 1.807) is 41.0 Å². The number of halogens is 1. The average Bonchev–Trinajstić information content (AvgIpc) is 2.78. The number of phenols is 1. The molecule has 4 aromatic rings. The predicted molar refractivity (Wildman–Crippen MR) is 124 cm³/mol. The van der Waals surface area contributed by atoms with E-state index in [-0.39, 0.29) is 29.4 Å². The van der Waals surface area contributed by atoms with Crippen molar-refractivity contribution in [2.45, 2.75) is 6.54 Å². The molecule has 7 nitrogen and oxygen atoms in total. The summed E-state index contributed by atoms with van der Waals surface area (Å²) in [5.74, 6) is -0.175. The molecule has 1 aromatic heterocycles. The third kappa shape index (κ3) is 4.02. The van der Waals surface area contributed by atoms with E-state index in [4.69, 9.17) is 4.74 Å². The average molecular weight is 480 g/mol. The van der Waals surface area contributed by atoms with Crippen molar-refractivity contribution in [2.75, 3.05) is 7.11 Å². The number of nitrogens with one attached hydrogen (secondary N) is 1. The van der Waals surface area contributed by atoms with Gasteiger partial charge in [-0.1, -0.05) is 40.2 Å². The van der Waals surface area contributed by atoms with E-state index in [0.717, 1.165) is 0 Å². The molecule has 0 spiro atoms. The molecule has 1 heterocycles. The molecule has 0 fully saturated rings. The topological polar surface area (TPSA) is 92.9 Å². The number of amides is 1. The number of phenolic OH excluding ortho intramolecular Hbond substituents is 1. The van der Waals surface area contributed by atoms with Crippen LogP contribution in [0.25, 0.3) is 21.8 Å². The molecule has 4 rings (SSSR count). The van der Waals surface area contributed by atoms with Gasteiger partial charge in [0.2, 0.25) is 0 Å². The summed E-state index contributed by atoms with van der Waals surface area (Å²) in [5.41, 5.74) is 4.12. The molecule has 156 valence electrons. The van der Waals surface area contributed by atoms with Crippen LogP contribution in [0, 0.1) is 0 Å². The third-order valence-electron chi connectivity index (χ3n) is 4.86. The van der Waals surface area contributed by atoms with Crippen LogP contribution in [-0.4, -0.2) is 28.9 Å². The van der Waals surface area contributed by atoms with E-state index >= 15 is 0 Å². The number of hydrogen-bond acceptors (Lipinski definition) is 5. The zero-order valence-corrected chi connectivity index (χ0v) is 18.1. The Hall–Kier alpha value is -3.65. The number of ether oxygens (including phenoxy) is 1. The maximum atomic E-state index is 12.8. The standard InChI is InChI=1S/C23H18BrN3O4/c1-31-20-11-15(24)10-14(22(20)29)12-25-26-21(28)13-27-18-8-4-2-6-16(18)23(30)17-7-3-5-9-19(17)27/h2-12,29H,13H2,1H3,(H,26,28)/b25-12+. The minimum Gasteiger partial charge on any atom is -0.504 e. The number of rotatable bonds is 5. The first-order valence-electron chi connectivity index (χ1n) is 9.38. The second-order valence-electron chi connectivity index (χ2n) is 6.79. The number of para-hydroxylation sites is 2. The lowest BCUT2D eigenvalue weighted by Crippen LogP contribution is -2.25. The second kappa shape index (κ2) is 8.61. The van der Waals surface area contributed by atoms with Gasteiger partial charge in [0.1, 0.15) is 6.54 Å². The molecule has 0 radical (unpaired) electrons. The van der Waals surface area contributed by atoms with Gasteiger partial charge in [0, 0.05) is 20.8 Å². The van der Waals surface area contributed by atoms with E-state index in [1.165, 1.54) is 13.3 Å². The van der Waals surface area contributed by atoms with Crippen molar-refractivity contribution >= 4 is 49.9 Å². The fraction of sp³-hybridized carbons (Fsp3) is 0.0870. The number of carbonyl (C=O) groups is 1. The molecule has 3 aromatic carbocycles. The molecule has 0 saturated carbocycles. The van der Waals surface area contributed by atoms with Crippen molar-refractivity contribution in [1.29, 1.82) is 0 Å². The van der Waals surface area contributed by atoms with Crippen LogP contribution in [0.15, 0.2) is 75.0 Å². The Morgan fingerprint density at radius 2 is 1.74 bits per heavy atom. The third-order valence-corrected chi connectivity index (χ3v) is 5.32. The van der Waals surface area contributed by atoms with Gasteiger partial charge in [0.05, 0.1) is 24.4 Å². The Morgan fingerprint density at radius 1 is 1.13 bits per heavy atom. The molecule has 0 aliphatic heterocycles. The smallest absolute Gasteiger partial charge is 0.260 e. The van der Waals surface area contributed by atoms with Crippen molar-refractivity contribution in [3.8, 4) is 11.5 Å². The van der Waals surface area contributed by atoms with Crippen LogP contribution in [0.1, 0.15) is 5.56 Å². The van der Waals surface area contributed by atoms with Crippen LogP contribution in [0.3, 0.4) is 0 Å². The van der Waals surface area contributed by atoms with Gasteiger partial charge in [-0.05, 0) is 36.4 Å². The quantitative estimate of drug-likeness (QED) is 0.258. The molecule has 0 aliphatic rings. The lowest BCUT2D eigenvalue weighted by atomic mass is 10.1. The van der Waals surface area contributed by atoms with Crippen LogP contribution >= 0.6 is 15.9 Å². The minimum absolute atomic E-state index is 0.0353. The molecular weight excluding hydrogens is 462 g/mol. The molecular formula is C23H18BrN3O4. The van der Waals surface area contributed by atoms with Gasteiger partial charge in [0.15, 0.2) is 16.9 Å². The Bertz CT molecular complexity index is 1340. The molecule has 0 unspecified atom stereocenters. The van der Waals surface area contributed by atoms with Crippen molar-refractivity contribution in [3.05, 3.63) is 80.9 Å². The SMILES string of the molecule is COc1cc(Br)cc(/C=N/NC(=O)Cn2c3ccccc3c(=O)c3ccccc32)c1O. The summed E-state index contributed by atoms with van der Waals surface area (Å²) in [4.78, 5) is 25.4. The highest BCUT2D eigenvalue weighted by Crippen LogP contribution is 2.32. The zero-order chi connectivity index (χ0) is 22.0. The molecule has 2 N–H and O–H groups in total. The number of carbonyl (C=O) groups excluding carboxylic acids is 1. The zero-order valence-electron chi connectivity index (χ0n) is 16.5. The van der Waals surface area contributed by atoms with E-state index in [9.17, 15) is 14.7 Å². The van der Waals surface area contributed by atoms with Crippen LogP contribution in [0.2, 0.25) is 0 Å². The van der Waals surface area contributed by atoms with Gasteiger partial charge < -0.3 is 14.4 Å². The first-order valence-corrected chi connectivity index (χ1v) is 10.2. The molecule has 8 heteroatoms. The van der Waals surface area contributed by atoms with Gasteiger partial charge in [-0.2, -0.15) is 5.10 Å². The molecule has 0 saturated heterocycles. The normalized spacial score (nSPS) is 11.3. The van der Waals surface area contributed by atoms with E-state index in [0.29, 0.717) is 31.8 Å². The molecule has 0 atom stereocenters. The number of methoxy groups -OCH3 is 1. The maximum Gasteiger partial charge on any atom is 0.260 e. The van der Waals surface area contributed by atoms with Crippen molar-refractivity contribution in [3.63, 3.8) is 0 Å². The lowest BCUT2D eigenvalue weighted by molar-refractivity contribution is -0.121. The van der Waals surface area contributed by atoms with Gasteiger partial charge in [-0.25, -0.2) is 5.43 Å². The Balaban J connectivity index is 1.64. The number of hydrogen-bond donors (Lipinski definition) is 2. The van der Waals surface area contributed by atoms with Crippen molar-refractivity contribution in [2.24, 2.45) is 5.10 Å². The fourth-order valence-electron chi connectivity index (χ4n) is 3.45. The van der Waals surface area contributed by atoms with E-state index < -0.39 is 0 Å². The lowest BCUT2D eigenvalue weighted by Gasteiger charge is -2.14. The summed E-state index contributed by atoms with van der Waals surface area (Å²) in [6.07, 6.45) is 1.34. The predicted octanol–water partition coefficient (Wildman–Crippen LogP) is 3.78. The van der Waals surface area contributed by atoms with Gasteiger partial charge in [0.25, 0.3) is 5.91 Å². The highest BCUT2D eigenvalue weighted by Gasteiger charge is 2.13. The number of fused-ring (bicyclic) bond motifs is 2. The minimum atomic E-state index is -0.378. The highest BCUT2D eigenvalue weighted by molar-refractivity contribution is 9.10. The Morgan fingerprint density at radius 3 is 2.35 bits per heavy atom. The van der Waals surface area contributed by atoms with E-state index in [1.807, 2.05) is 24.3 Å². The Labute approximate surface area is 185 Å². The highest BCUT2D eigenvalue weighted by atomic mass is 79.9. The van der Waals surface area contributed by atoms with Gasteiger partial charge in [-0.15, -0.1) is 0 Å². The molecule has 1 amide bonds. The largest absolute Gasteiger partial charge is 0.504 e. The summed E-state index contributed by atoms with van der Waals surface area (Å²) >= 11 is 3.34. The maximum absolute atomic E-state index is 12.8. The molecule has 0 aliphatic carbocycles. The number of nitrogens with zero attached hydrogens (tertiary/aromatic N) is 2. The summed E-state index contributed by atoms with van der Waals surface area (Å²) in [6, 6.07) is 17.6. The van der Waals surface area contributed by atoms with Gasteiger partial charge in [-0.3, -0.25) is 9.59 Å². The number of pyridine rings is 1. The first-order chi connectivity index (χ1) is 15.0. The Kier molecular flexibility index (Phi) is 5.73. The fourth-order valence-corrected chi connectivity index (χ4v) is 3.90. The number of hydrazone groups is 1. The number of aromatic hydroxyl groups is 1. The molecule has 0 bridgehead atoms. The van der Waals surface area contributed by atoms with Crippen molar-refractivity contribution < 1.29 is 14.6 Å². The summed E-state index contributed by atoms with van der Waals surface area (Å²) in [6.45, 7) is -0.0353. The summed E-state index contributed by atoms with van der Waals surface area (Å²) in [7, 11) is 1.45. The second-order valence-corrected chi connectivity index (χ2v) is 7.70. The van der Waals surface area contributed by atoms with E-state index in [2.05, 4.69) is 26.5 Å². The van der Waals surface area contributed by atoms with Crippen LogP contribution < -0.4 is 15.6 Å². The van der Waals surface area contributed by atoms with Crippen LogP contribution in [0.5, 0.6) is 11.5 Å². The number of benzene rings is 3. The monoisotopic (exact) mass is 479 g/mol. The first kappa shape index (κ1) is 20.6. The number of aromatic nitrogens is 1. The molecule has 31 heavy (non-hydrogen) atoms. The summed E-state index contributed by atoms with van der Waals surface area (Å²) < 4.78 is 7.59. The van der Waals surface area contributed by atoms with Crippen LogP contribution in [-0.2, 0) is 11.3 Å². The van der Waals surface area contributed by atoms with Crippen molar-refractivity contribution in [1.82, 2.24) is 9.99 Å². The van der Waals surface area contributed by atoms with Crippen LogP contribution in [0.4, 0.5) is 0 Å².